The lowest BCUT2D eigenvalue weighted by Gasteiger charge is -2.36. The van der Waals surface area contributed by atoms with Crippen LogP contribution >= 0.6 is 28.1 Å². The van der Waals surface area contributed by atoms with Gasteiger partial charge in [0.25, 0.3) is 11.8 Å². The summed E-state index contributed by atoms with van der Waals surface area (Å²) in [5.41, 5.74) is 3.90. The van der Waals surface area contributed by atoms with Crippen molar-refractivity contribution in [3.63, 3.8) is 0 Å². The van der Waals surface area contributed by atoms with Crippen molar-refractivity contribution in [3.8, 4) is 5.75 Å². The summed E-state index contributed by atoms with van der Waals surface area (Å²) in [7, 11) is 0. The van der Waals surface area contributed by atoms with Crippen LogP contribution in [0.5, 0.6) is 5.75 Å². The zero-order valence-corrected chi connectivity index (χ0v) is 22.9. The van der Waals surface area contributed by atoms with E-state index in [1.54, 1.807) is 30.3 Å². The number of hydrogen-bond acceptors (Lipinski definition) is 4. The number of carbonyl (C=O) groups is 2. The van der Waals surface area contributed by atoms with Crippen LogP contribution in [0.4, 0.5) is 11.4 Å². The molecule has 0 saturated carbocycles. The van der Waals surface area contributed by atoms with E-state index < -0.39 is 11.8 Å². The summed E-state index contributed by atoms with van der Waals surface area (Å²) in [6, 6.07) is 31.7. The highest BCUT2D eigenvalue weighted by molar-refractivity contribution is 9.10. The second-order valence-electron chi connectivity index (χ2n) is 8.75. The fourth-order valence-electron chi connectivity index (χ4n) is 4.10. The number of anilines is 2. The van der Waals surface area contributed by atoms with Crippen molar-refractivity contribution in [2.75, 3.05) is 9.80 Å². The number of amides is 2. The third-order valence-corrected chi connectivity index (χ3v) is 6.92. The number of para-hydroxylation sites is 2. The summed E-state index contributed by atoms with van der Waals surface area (Å²) in [4.78, 5) is 30.4. The molecule has 7 heteroatoms. The fourth-order valence-corrected chi connectivity index (χ4v) is 4.86. The summed E-state index contributed by atoms with van der Waals surface area (Å²) >= 11 is 9.19. The number of carbonyl (C=O) groups excluding carboxylic acids is 2. The van der Waals surface area contributed by atoms with Crippen LogP contribution in [-0.4, -0.2) is 16.9 Å². The van der Waals surface area contributed by atoms with Gasteiger partial charge in [-0.25, -0.2) is 0 Å². The Labute approximate surface area is 235 Å². The normalized spacial score (nSPS) is 13.6. The predicted molar refractivity (Wildman–Crippen MR) is 158 cm³/mol. The first-order valence-corrected chi connectivity index (χ1v) is 13.1. The van der Waals surface area contributed by atoms with Gasteiger partial charge in [-0.2, -0.15) is 0 Å². The molecular weight excluding hydrogens is 560 g/mol. The molecule has 5 rings (SSSR count). The Morgan fingerprint density at radius 3 is 1.89 bits per heavy atom. The molecule has 1 saturated heterocycles. The van der Waals surface area contributed by atoms with Gasteiger partial charge in [0.2, 0.25) is 0 Å². The van der Waals surface area contributed by atoms with Crippen molar-refractivity contribution in [3.05, 3.63) is 130 Å². The lowest BCUT2D eigenvalue weighted by Crippen LogP contribution is -2.56. The summed E-state index contributed by atoms with van der Waals surface area (Å²) < 4.78 is 6.92. The van der Waals surface area contributed by atoms with Crippen molar-refractivity contribution in [2.45, 2.75) is 13.5 Å². The smallest absolute Gasteiger partial charge is 0.270 e. The highest BCUT2D eigenvalue weighted by Gasteiger charge is 2.41. The van der Waals surface area contributed by atoms with E-state index >= 15 is 0 Å². The Balaban J connectivity index is 1.57. The van der Waals surface area contributed by atoms with Gasteiger partial charge < -0.3 is 4.74 Å². The van der Waals surface area contributed by atoms with Gasteiger partial charge in [-0.3, -0.25) is 19.4 Å². The second-order valence-corrected chi connectivity index (χ2v) is 10.0. The molecule has 5 nitrogen and oxygen atoms in total. The zero-order chi connectivity index (χ0) is 26.6. The maximum Gasteiger partial charge on any atom is 0.270 e. The molecule has 188 valence electrons. The van der Waals surface area contributed by atoms with Gasteiger partial charge in [-0.05, 0) is 73.2 Å². The van der Waals surface area contributed by atoms with Gasteiger partial charge in [0.15, 0.2) is 5.11 Å². The van der Waals surface area contributed by atoms with E-state index in [1.165, 1.54) is 15.4 Å². The number of hydrogen-bond donors (Lipinski definition) is 0. The first-order valence-electron chi connectivity index (χ1n) is 11.9. The van der Waals surface area contributed by atoms with Crippen molar-refractivity contribution in [2.24, 2.45) is 0 Å². The Bertz CT molecular complexity index is 1470. The van der Waals surface area contributed by atoms with E-state index in [4.69, 9.17) is 17.0 Å². The van der Waals surface area contributed by atoms with E-state index in [2.05, 4.69) is 15.9 Å². The molecule has 0 atom stereocenters. The second kappa shape index (κ2) is 11.1. The molecule has 38 heavy (non-hydrogen) atoms. The van der Waals surface area contributed by atoms with Crippen molar-refractivity contribution in [1.82, 2.24) is 0 Å². The minimum Gasteiger partial charge on any atom is -0.488 e. The van der Waals surface area contributed by atoms with Crippen molar-refractivity contribution in [1.29, 1.82) is 0 Å². The number of aryl methyl sites for hydroxylation is 1. The van der Waals surface area contributed by atoms with Crippen LogP contribution in [-0.2, 0) is 16.2 Å². The predicted octanol–water partition coefficient (Wildman–Crippen LogP) is 7.08. The molecule has 0 unspecified atom stereocenters. The van der Waals surface area contributed by atoms with Crippen LogP contribution in [0.3, 0.4) is 0 Å². The average molecular weight is 584 g/mol. The van der Waals surface area contributed by atoms with E-state index in [0.29, 0.717) is 29.3 Å². The summed E-state index contributed by atoms with van der Waals surface area (Å²) in [5.74, 6) is -0.446. The molecule has 0 aliphatic carbocycles. The monoisotopic (exact) mass is 582 g/mol. The third-order valence-electron chi connectivity index (χ3n) is 6.06. The fraction of sp³-hybridized carbons (Fsp3) is 0.0645. The van der Waals surface area contributed by atoms with E-state index in [-0.39, 0.29) is 10.7 Å². The number of halogens is 1. The van der Waals surface area contributed by atoms with Gasteiger partial charge in [0.05, 0.1) is 11.4 Å². The number of nitrogens with zero attached hydrogens (tertiary/aromatic N) is 2. The first-order chi connectivity index (χ1) is 18.4. The Morgan fingerprint density at radius 2 is 1.34 bits per heavy atom. The largest absolute Gasteiger partial charge is 0.488 e. The number of ether oxygens (including phenoxy) is 1. The van der Waals surface area contributed by atoms with Crippen LogP contribution in [0.1, 0.15) is 16.7 Å². The molecule has 1 fully saturated rings. The molecule has 0 aromatic heterocycles. The van der Waals surface area contributed by atoms with E-state index in [0.717, 1.165) is 10.0 Å². The van der Waals surface area contributed by atoms with Gasteiger partial charge in [-0.1, -0.05) is 82.2 Å². The van der Waals surface area contributed by atoms with Crippen LogP contribution in [0.25, 0.3) is 6.08 Å². The standard InChI is InChI=1S/C31H23BrN2O3S/c1-21-12-14-22(15-13-21)20-37-28-17-16-24(32)18-23(28)19-27-29(35)33(25-8-4-2-5-9-25)31(38)34(30(27)36)26-10-6-3-7-11-26/h2-19H,20H2,1H3. The number of benzene rings is 4. The van der Waals surface area contributed by atoms with Crippen molar-refractivity contribution >= 4 is 62.5 Å². The van der Waals surface area contributed by atoms with Crippen LogP contribution < -0.4 is 14.5 Å². The van der Waals surface area contributed by atoms with Crippen LogP contribution in [0.2, 0.25) is 0 Å². The zero-order valence-electron chi connectivity index (χ0n) is 20.5. The molecule has 4 aromatic rings. The molecule has 0 N–H and O–H groups in total. The molecule has 2 amide bonds. The summed E-state index contributed by atoms with van der Waals surface area (Å²) in [5, 5.41) is 0.0969. The molecule has 1 aliphatic heterocycles. The minimum atomic E-state index is -0.497. The average Bonchev–Trinajstić information content (AvgIpc) is 2.93. The lowest BCUT2D eigenvalue weighted by molar-refractivity contribution is -0.120. The van der Waals surface area contributed by atoms with Gasteiger partial charge in [0, 0.05) is 10.0 Å². The molecule has 1 heterocycles. The van der Waals surface area contributed by atoms with Gasteiger partial charge in [-0.15, -0.1) is 0 Å². The summed E-state index contributed by atoms with van der Waals surface area (Å²) in [6.07, 6.45) is 1.58. The lowest BCUT2D eigenvalue weighted by atomic mass is 10.0. The Kier molecular flexibility index (Phi) is 7.49. The molecule has 0 spiro atoms. The minimum absolute atomic E-state index is 0.0235. The SMILES string of the molecule is Cc1ccc(COc2ccc(Br)cc2C=C2C(=O)N(c3ccccc3)C(=S)N(c3ccccc3)C2=O)cc1. The number of thiocarbonyl (C=S) groups is 1. The van der Waals surface area contributed by atoms with E-state index in [1.807, 2.05) is 85.8 Å². The summed E-state index contributed by atoms with van der Waals surface area (Å²) in [6.45, 7) is 2.38. The molecule has 0 radical (unpaired) electrons. The quantitative estimate of drug-likeness (QED) is 0.138. The highest BCUT2D eigenvalue weighted by atomic mass is 79.9. The first kappa shape index (κ1) is 25.6. The molecule has 0 bridgehead atoms. The van der Waals surface area contributed by atoms with Crippen LogP contribution in [0, 0.1) is 6.92 Å². The molecule has 1 aliphatic rings. The highest BCUT2D eigenvalue weighted by Crippen LogP contribution is 2.32. The molecular formula is C31H23BrN2O3S. The molecule has 4 aromatic carbocycles. The Morgan fingerprint density at radius 1 is 0.789 bits per heavy atom. The maximum atomic E-state index is 13.8. The third kappa shape index (κ3) is 5.30. The van der Waals surface area contributed by atoms with Gasteiger partial charge >= 0.3 is 0 Å². The van der Waals surface area contributed by atoms with Gasteiger partial charge in [0.1, 0.15) is 17.9 Å². The Hall–Kier alpha value is -4.07. The van der Waals surface area contributed by atoms with Crippen LogP contribution in [0.15, 0.2) is 113 Å². The topological polar surface area (TPSA) is 49.9 Å². The van der Waals surface area contributed by atoms with Crippen molar-refractivity contribution < 1.29 is 14.3 Å². The van der Waals surface area contributed by atoms with E-state index in [9.17, 15) is 9.59 Å². The maximum absolute atomic E-state index is 13.8. The number of rotatable bonds is 6.